The van der Waals surface area contributed by atoms with E-state index in [1.807, 2.05) is 0 Å². The molecule has 0 N–H and O–H groups in total. The number of hydrogen-bond donors (Lipinski definition) is 0. The first-order valence-electron chi connectivity index (χ1n) is 3.88. The number of esters is 1. The van der Waals surface area contributed by atoms with Gasteiger partial charge >= 0.3 is 5.97 Å². The zero-order valence-electron chi connectivity index (χ0n) is 7.72. The lowest BCUT2D eigenvalue weighted by Crippen LogP contribution is -2.14. The van der Waals surface area contributed by atoms with Gasteiger partial charge in [-0.05, 0) is 0 Å². The number of rotatable bonds is 3. The summed E-state index contributed by atoms with van der Waals surface area (Å²) in [5, 5.41) is 0. The van der Waals surface area contributed by atoms with E-state index in [2.05, 4.69) is 9.47 Å². The normalized spacial score (nSPS) is 9.87. The first-order chi connectivity index (χ1) is 7.04. The van der Waals surface area contributed by atoms with Crippen LogP contribution in [-0.4, -0.2) is 19.7 Å². The van der Waals surface area contributed by atoms with Crippen LogP contribution in [0.25, 0.3) is 0 Å². The van der Waals surface area contributed by atoms with Crippen molar-refractivity contribution in [1.29, 1.82) is 0 Å². The number of halogens is 3. The lowest BCUT2D eigenvalue weighted by atomic mass is 10.3. The van der Waals surface area contributed by atoms with Crippen LogP contribution in [0.3, 0.4) is 0 Å². The van der Waals surface area contributed by atoms with Gasteiger partial charge in [-0.1, -0.05) is 0 Å². The Morgan fingerprint density at radius 1 is 1.27 bits per heavy atom. The van der Waals surface area contributed by atoms with Crippen LogP contribution in [0.5, 0.6) is 5.75 Å². The van der Waals surface area contributed by atoms with Gasteiger partial charge in [-0.3, -0.25) is 0 Å². The highest BCUT2D eigenvalue weighted by Crippen LogP contribution is 2.22. The average Bonchev–Trinajstić information content (AvgIpc) is 2.15. The van der Waals surface area contributed by atoms with Crippen molar-refractivity contribution in [2.75, 3.05) is 13.7 Å². The summed E-state index contributed by atoms with van der Waals surface area (Å²) in [7, 11) is 1.10. The third kappa shape index (κ3) is 2.87. The number of methoxy groups -OCH3 is 1. The molecule has 0 aliphatic carbocycles. The number of carbonyl (C=O) groups excluding carboxylic acids is 1. The fourth-order valence-electron chi connectivity index (χ4n) is 0.857. The summed E-state index contributed by atoms with van der Waals surface area (Å²) in [6, 6.07) is 0.908. The van der Waals surface area contributed by atoms with Crippen LogP contribution in [0, 0.1) is 17.5 Å². The molecule has 6 heteroatoms. The van der Waals surface area contributed by atoms with E-state index >= 15 is 0 Å². The van der Waals surface area contributed by atoms with Crippen LogP contribution in [-0.2, 0) is 9.53 Å². The standard InChI is InChI=1S/C9H7F3O3/c1-14-8(13)4-15-9-6(11)2-5(10)3-7(9)12/h2-3H,4H2,1H3. The monoisotopic (exact) mass is 220 g/mol. The van der Waals surface area contributed by atoms with Gasteiger partial charge in [0.2, 0.25) is 0 Å². The van der Waals surface area contributed by atoms with Crippen molar-refractivity contribution < 1.29 is 27.4 Å². The molecule has 0 radical (unpaired) electrons. The molecule has 0 spiro atoms. The molecule has 15 heavy (non-hydrogen) atoms. The smallest absolute Gasteiger partial charge is 0.343 e. The first kappa shape index (κ1) is 11.4. The second-order valence-corrected chi connectivity index (χ2v) is 2.56. The Morgan fingerprint density at radius 3 is 2.27 bits per heavy atom. The molecule has 1 aromatic carbocycles. The minimum absolute atomic E-state index is 0.454. The summed E-state index contributed by atoms with van der Waals surface area (Å²) in [5.74, 6) is -5.08. The molecule has 1 aromatic rings. The molecule has 0 fully saturated rings. The van der Waals surface area contributed by atoms with Gasteiger partial charge in [0.1, 0.15) is 5.82 Å². The summed E-state index contributed by atoms with van der Waals surface area (Å²) >= 11 is 0. The first-order valence-corrected chi connectivity index (χ1v) is 3.88. The topological polar surface area (TPSA) is 35.5 Å². The molecule has 3 nitrogen and oxygen atoms in total. The van der Waals surface area contributed by atoms with Crippen molar-refractivity contribution in [2.24, 2.45) is 0 Å². The zero-order chi connectivity index (χ0) is 11.4. The number of benzene rings is 1. The van der Waals surface area contributed by atoms with Gasteiger partial charge in [-0.2, -0.15) is 0 Å². The molecule has 1 rings (SSSR count). The van der Waals surface area contributed by atoms with Gasteiger partial charge in [-0.15, -0.1) is 0 Å². The van der Waals surface area contributed by atoms with E-state index in [0.717, 1.165) is 7.11 Å². The number of hydrogen-bond acceptors (Lipinski definition) is 3. The highest BCUT2D eigenvalue weighted by molar-refractivity contribution is 5.70. The lowest BCUT2D eigenvalue weighted by Gasteiger charge is -2.06. The third-order valence-electron chi connectivity index (χ3n) is 1.53. The fourth-order valence-corrected chi connectivity index (χ4v) is 0.857. The van der Waals surface area contributed by atoms with Gasteiger partial charge in [0, 0.05) is 12.1 Å². The van der Waals surface area contributed by atoms with Crippen molar-refractivity contribution in [2.45, 2.75) is 0 Å². The molecule has 0 saturated heterocycles. The molecule has 0 saturated carbocycles. The maximum absolute atomic E-state index is 12.9. The van der Waals surface area contributed by atoms with Crippen LogP contribution in [0.1, 0.15) is 0 Å². The second-order valence-electron chi connectivity index (χ2n) is 2.56. The summed E-state index contributed by atoms with van der Waals surface area (Å²) < 4.78 is 46.9. The molecule has 0 aliphatic rings. The van der Waals surface area contributed by atoms with Crippen LogP contribution >= 0.6 is 0 Å². The van der Waals surface area contributed by atoms with E-state index < -0.39 is 35.8 Å². The van der Waals surface area contributed by atoms with Crippen LogP contribution in [0.15, 0.2) is 12.1 Å². The van der Waals surface area contributed by atoms with E-state index in [1.54, 1.807) is 0 Å². The maximum atomic E-state index is 12.9. The Hall–Kier alpha value is -1.72. The fraction of sp³-hybridized carbons (Fsp3) is 0.222. The summed E-state index contributed by atoms with van der Waals surface area (Å²) in [6.07, 6.45) is 0. The molecule has 0 aliphatic heterocycles. The average molecular weight is 220 g/mol. The molecule has 82 valence electrons. The van der Waals surface area contributed by atoms with E-state index in [9.17, 15) is 18.0 Å². The summed E-state index contributed by atoms with van der Waals surface area (Å²) in [6.45, 7) is -0.643. The van der Waals surface area contributed by atoms with Crippen molar-refractivity contribution in [3.8, 4) is 5.75 Å². The Bertz CT molecular complexity index is 356. The van der Waals surface area contributed by atoms with Crippen LogP contribution in [0.4, 0.5) is 13.2 Å². The van der Waals surface area contributed by atoms with Gasteiger partial charge in [-0.25, -0.2) is 18.0 Å². The zero-order valence-corrected chi connectivity index (χ0v) is 7.72. The lowest BCUT2D eigenvalue weighted by molar-refractivity contribution is -0.143. The maximum Gasteiger partial charge on any atom is 0.343 e. The number of carbonyl (C=O) groups is 1. The van der Waals surface area contributed by atoms with Crippen molar-refractivity contribution in [1.82, 2.24) is 0 Å². The van der Waals surface area contributed by atoms with E-state index in [-0.39, 0.29) is 0 Å². The largest absolute Gasteiger partial charge is 0.476 e. The predicted molar refractivity (Wildman–Crippen MR) is 43.8 cm³/mol. The number of ether oxygens (including phenoxy) is 2. The molecule has 0 unspecified atom stereocenters. The summed E-state index contributed by atoms with van der Waals surface area (Å²) in [5.41, 5.74) is 0. The SMILES string of the molecule is COC(=O)COc1c(F)cc(F)cc1F. The van der Waals surface area contributed by atoms with Gasteiger partial charge in [0.25, 0.3) is 0 Å². The Morgan fingerprint density at radius 2 is 1.80 bits per heavy atom. The summed E-state index contributed by atoms with van der Waals surface area (Å²) in [4.78, 5) is 10.6. The predicted octanol–water partition coefficient (Wildman–Crippen LogP) is 1.66. The molecule has 0 atom stereocenters. The Labute approximate surface area is 83.4 Å². The van der Waals surface area contributed by atoms with Gasteiger partial charge in [0.15, 0.2) is 24.0 Å². The second kappa shape index (κ2) is 4.68. The third-order valence-corrected chi connectivity index (χ3v) is 1.53. The Balaban J connectivity index is 2.81. The van der Waals surface area contributed by atoms with Crippen LogP contribution in [0.2, 0.25) is 0 Å². The molecule has 0 bridgehead atoms. The van der Waals surface area contributed by atoms with E-state index in [0.29, 0.717) is 12.1 Å². The minimum atomic E-state index is -1.21. The molecule has 0 amide bonds. The molecule has 0 heterocycles. The molecular formula is C9H7F3O3. The Kier molecular flexibility index (Phi) is 3.54. The minimum Gasteiger partial charge on any atom is -0.476 e. The van der Waals surface area contributed by atoms with E-state index in [4.69, 9.17) is 0 Å². The molecular weight excluding hydrogens is 213 g/mol. The van der Waals surface area contributed by atoms with Crippen molar-refractivity contribution >= 4 is 5.97 Å². The van der Waals surface area contributed by atoms with Gasteiger partial charge in [0.05, 0.1) is 7.11 Å². The van der Waals surface area contributed by atoms with Crippen molar-refractivity contribution in [3.63, 3.8) is 0 Å². The highest BCUT2D eigenvalue weighted by Gasteiger charge is 2.14. The molecule has 0 aromatic heterocycles. The quantitative estimate of drug-likeness (QED) is 0.726. The van der Waals surface area contributed by atoms with Crippen LogP contribution < -0.4 is 4.74 Å². The highest BCUT2D eigenvalue weighted by atomic mass is 19.1. The van der Waals surface area contributed by atoms with Crippen molar-refractivity contribution in [3.05, 3.63) is 29.6 Å². The van der Waals surface area contributed by atoms with Gasteiger partial charge < -0.3 is 9.47 Å². The van der Waals surface area contributed by atoms with E-state index in [1.165, 1.54) is 0 Å².